The first kappa shape index (κ1) is 17.1. The maximum Gasteiger partial charge on any atom is 0.196 e. The van der Waals surface area contributed by atoms with Crippen LogP contribution in [0.25, 0.3) is 33.8 Å². The Morgan fingerprint density at radius 3 is 2.48 bits per heavy atom. The van der Waals surface area contributed by atoms with Crippen LogP contribution in [0.4, 0.5) is 0 Å². The van der Waals surface area contributed by atoms with Crippen molar-refractivity contribution in [2.45, 2.75) is 4.90 Å². The van der Waals surface area contributed by atoms with E-state index in [1.54, 1.807) is 18.0 Å². The molecular formula is C20H16N6S. The van der Waals surface area contributed by atoms with Crippen molar-refractivity contribution in [1.29, 1.82) is 5.26 Å². The zero-order chi connectivity index (χ0) is 18.8. The molecule has 7 heteroatoms. The minimum Gasteiger partial charge on any atom is -0.346 e. The van der Waals surface area contributed by atoms with Crippen LogP contribution >= 0.6 is 11.8 Å². The van der Waals surface area contributed by atoms with Crippen molar-refractivity contribution in [2.24, 2.45) is 7.05 Å². The monoisotopic (exact) mass is 372 g/mol. The molecule has 0 bridgehead atoms. The van der Waals surface area contributed by atoms with E-state index in [9.17, 15) is 5.26 Å². The first-order valence-corrected chi connectivity index (χ1v) is 9.52. The van der Waals surface area contributed by atoms with Crippen molar-refractivity contribution in [3.8, 4) is 39.8 Å². The molecule has 0 saturated heterocycles. The number of nitrogens with zero attached hydrogens (tertiary/aromatic N) is 5. The summed E-state index contributed by atoms with van der Waals surface area (Å²) in [7, 11) is 1.88. The molecule has 4 aromatic rings. The van der Waals surface area contributed by atoms with E-state index in [2.05, 4.69) is 57.2 Å². The second-order valence-electron chi connectivity index (χ2n) is 6.02. The molecule has 4 rings (SSSR count). The Morgan fingerprint density at radius 1 is 1.07 bits per heavy atom. The molecule has 2 aromatic heterocycles. The average Bonchev–Trinajstić information content (AvgIpc) is 3.35. The van der Waals surface area contributed by atoms with E-state index in [-0.39, 0.29) is 0 Å². The van der Waals surface area contributed by atoms with E-state index in [0.717, 1.165) is 22.4 Å². The summed E-state index contributed by atoms with van der Waals surface area (Å²) in [5.41, 5.74) is 5.48. The molecule has 2 aromatic carbocycles. The molecule has 2 heterocycles. The third kappa shape index (κ3) is 3.00. The highest BCUT2D eigenvalue weighted by atomic mass is 32.2. The van der Waals surface area contributed by atoms with Gasteiger partial charge in [0.05, 0.1) is 11.3 Å². The lowest BCUT2D eigenvalue weighted by Gasteiger charge is -2.09. The largest absolute Gasteiger partial charge is 0.346 e. The number of aromatic nitrogens is 5. The number of nitriles is 1. The number of tetrazole rings is 1. The van der Waals surface area contributed by atoms with Crippen molar-refractivity contribution in [2.75, 3.05) is 6.26 Å². The zero-order valence-electron chi connectivity index (χ0n) is 14.8. The van der Waals surface area contributed by atoms with Crippen LogP contribution in [0.2, 0.25) is 0 Å². The van der Waals surface area contributed by atoms with E-state index in [4.69, 9.17) is 0 Å². The van der Waals surface area contributed by atoms with Crippen molar-refractivity contribution in [3.05, 3.63) is 60.3 Å². The predicted octanol–water partition coefficient (Wildman–Crippen LogP) is 4.13. The van der Waals surface area contributed by atoms with Crippen LogP contribution in [-0.2, 0) is 7.05 Å². The summed E-state index contributed by atoms with van der Waals surface area (Å²) >= 11 is 1.73. The van der Waals surface area contributed by atoms with E-state index in [1.165, 1.54) is 10.5 Å². The lowest BCUT2D eigenvalue weighted by Crippen LogP contribution is -1.94. The summed E-state index contributed by atoms with van der Waals surface area (Å²) in [6.45, 7) is 0. The van der Waals surface area contributed by atoms with E-state index >= 15 is 0 Å². The van der Waals surface area contributed by atoms with E-state index < -0.39 is 0 Å². The van der Waals surface area contributed by atoms with Gasteiger partial charge in [-0.15, -0.1) is 16.9 Å². The van der Waals surface area contributed by atoms with Gasteiger partial charge in [0.25, 0.3) is 0 Å². The number of hydrogen-bond acceptors (Lipinski definition) is 5. The molecule has 0 aliphatic carbocycles. The first-order valence-electron chi connectivity index (χ1n) is 8.30. The van der Waals surface area contributed by atoms with Crippen LogP contribution in [-0.4, -0.2) is 31.4 Å². The minimum absolute atomic E-state index is 0.533. The van der Waals surface area contributed by atoms with Crippen molar-refractivity contribution in [1.82, 2.24) is 25.2 Å². The Balaban J connectivity index is 1.83. The summed E-state index contributed by atoms with van der Waals surface area (Å²) in [6.07, 6.45) is 3.87. The zero-order valence-corrected chi connectivity index (χ0v) is 15.7. The molecule has 27 heavy (non-hydrogen) atoms. The molecule has 1 N–H and O–H groups in total. The number of hydrogen-bond donors (Lipinski definition) is 1. The van der Waals surface area contributed by atoms with Crippen LogP contribution < -0.4 is 0 Å². The smallest absolute Gasteiger partial charge is 0.196 e. The standard InChI is InChI=1S/C20H16N6S/c1-26-12-15(11-21)18(19(26)20-22-24-25-23-20)14-9-7-13(8-10-14)16-5-3-4-6-17(16)27-2/h3-10,12H,1-2H3,(H,22,23,24,25). The van der Waals surface area contributed by atoms with Gasteiger partial charge in [0.15, 0.2) is 5.82 Å². The number of benzene rings is 2. The van der Waals surface area contributed by atoms with Gasteiger partial charge in [-0.1, -0.05) is 42.5 Å². The van der Waals surface area contributed by atoms with Crippen LogP contribution in [0.3, 0.4) is 0 Å². The summed E-state index contributed by atoms with van der Waals surface area (Å²) in [5.74, 6) is 0.533. The van der Waals surface area contributed by atoms with Crippen molar-refractivity contribution >= 4 is 11.8 Å². The Morgan fingerprint density at radius 2 is 1.81 bits per heavy atom. The molecule has 0 aliphatic rings. The molecule has 0 saturated carbocycles. The highest BCUT2D eigenvalue weighted by molar-refractivity contribution is 7.98. The van der Waals surface area contributed by atoms with Gasteiger partial charge in [-0.3, -0.25) is 0 Å². The number of aromatic amines is 1. The third-order valence-corrected chi connectivity index (χ3v) is 5.26. The Kier molecular flexibility index (Phi) is 4.48. The van der Waals surface area contributed by atoms with E-state index in [0.29, 0.717) is 11.4 Å². The molecule has 0 atom stereocenters. The van der Waals surface area contributed by atoms with Crippen LogP contribution in [0, 0.1) is 11.3 Å². The number of thioether (sulfide) groups is 1. The summed E-state index contributed by atoms with van der Waals surface area (Å²) in [6, 6.07) is 18.8. The molecule has 0 radical (unpaired) electrons. The third-order valence-electron chi connectivity index (χ3n) is 4.46. The molecule has 0 fully saturated rings. The molecule has 0 unspecified atom stereocenters. The number of nitrogens with one attached hydrogen (secondary N) is 1. The van der Waals surface area contributed by atoms with Gasteiger partial charge in [0, 0.05) is 23.7 Å². The van der Waals surface area contributed by atoms with Gasteiger partial charge < -0.3 is 4.57 Å². The lowest BCUT2D eigenvalue weighted by molar-refractivity contribution is 0.881. The van der Waals surface area contributed by atoms with Crippen LogP contribution in [0.1, 0.15) is 5.56 Å². The number of rotatable bonds is 4. The van der Waals surface area contributed by atoms with Crippen molar-refractivity contribution in [3.63, 3.8) is 0 Å². The molecule has 0 spiro atoms. The van der Waals surface area contributed by atoms with Crippen LogP contribution in [0.5, 0.6) is 0 Å². The quantitative estimate of drug-likeness (QED) is 0.545. The van der Waals surface area contributed by atoms with Gasteiger partial charge in [-0.05, 0) is 39.4 Å². The minimum atomic E-state index is 0.533. The summed E-state index contributed by atoms with van der Waals surface area (Å²) < 4.78 is 1.87. The Hall–Kier alpha value is -3.37. The van der Waals surface area contributed by atoms with Crippen LogP contribution in [0.15, 0.2) is 59.6 Å². The summed E-state index contributed by atoms with van der Waals surface area (Å²) in [4.78, 5) is 1.23. The molecule has 0 aliphatic heterocycles. The molecule has 132 valence electrons. The fourth-order valence-electron chi connectivity index (χ4n) is 3.25. The topological polar surface area (TPSA) is 83.2 Å². The fraction of sp³-hybridized carbons (Fsp3) is 0.100. The lowest BCUT2D eigenvalue weighted by atomic mass is 9.98. The maximum atomic E-state index is 9.59. The van der Waals surface area contributed by atoms with Gasteiger partial charge >= 0.3 is 0 Å². The SMILES string of the molecule is CSc1ccccc1-c1ccc(-c2c(C#N)cn(C)c2-c2nnn[nH]2)cc1. The fourth-order valence-corrected chi connectivity index (χ4v) is 3.87. The predicted molar refractivity (Wildman–Crippen MR) is 106 cm³/mol. The highest BCUT2D eigenvalue weighted by Crippen LogP contribution is 2.36. The maximum absolute atomic E-state index is 9.59. The van der Waals surface area contributed by atoms with Gasteiger partial charge in [0.1, 0.15) is 6.07 Å². The number of H-pyrrole nitrogens is 1. The first-order chi connectivity index (χ1) is 13.2. The van der Waals surface area contributed by atoms with Gasteiger partial charge in [0.2, 0.25) is 0 Å². The second-order valence-corrected chi connectivity index (χ2v) is 6.86. The highest BCUT2D eigenvalue weighted by Gasteiger charge is 2.20. The van der Waals surface area contributed by atoms with E-state index in [1.807, 2.05) is 35.9 Å². The van der Waals surface area contributed by atoms with Gasteiger partial charge in [-0.2, -0.15) is 5.26 Å². The Bertz CT molecular complexity index is 1120. The second kappa shape index (κ2) is 7.09. The number of aryl methyl sites for hydroxylation is 1. The molecule has 0 amide bonds. The van der Waals surface area contributed by atoms with Gasteiger partial charge in [-0.25, -0.2) is 5.10 Å². The average molecular weight is 372 g/mol. The Labute approximate surface area is 160 Å². The molecular weight excluding hydrogens is 356 g/mol. The molecule has 6 nitrogen and oxygen atoms in total. The van der Waals surface area contributed by atoms with Crippen molar-refractivity contribution < 1.29 is 0 Å². The summed E-state index contributed by atoms with van der Waals surface area (Å²) in [5, 5.41) is 23.7. The normalized spacial score (nSPS) is 10.7.